The van der Waals surface area contributed by atoms with Crippen molar-refractivity contribution < 1.29 is 44.0 Å². The number of imidazole rings is 1. The third kappa shape index (κ3) is 7.25. The number of hydrogen-bond donors (Lipinski definition) is 6. The molecule has 2 fully saturated rings. The number of nitrogen functional groups attached to an aromatic ring is 1. The zero-order chi connectivity index (χ0) is 25.5. The summed E-state index contributed by atoms with van der Waals surface area (Å²) in [7, 11) is 0. The van der Waals surface area contributed by atoms with Gasteiger partial charge in [-0.15, -0.1) is 0 Å². The van der Waals surface area contributed by atoms with Crippen LogP contribution in [0.1, 0.15) is 25.5 Å². The molecule has 2 saturated heterocycles. The number of nitrogens with zero attached hydrogens (tertiary/aromatic N) is 5. The van der Waals surface area contributed by atoms with Crippen LogP contribution in [-0.2, 0) is 33.8 Å². The van der Waals surface area contributed by atoms with Crippen LogP contribution in [0.15, 0.2) is 12.7 Å². The maximum Gasteiger partial charge on any atom is 2.00 e. The second kappa shape index (κ2) is 14.1. The number of fused-ring (bicyclic) bond motifs is 1. The van der Waals surface area contributed by atoms with Gasteiger partial charge in [0.05, 0.1) is 6.33 Å². The van der Waals surface area contributed by atoms with E-state index in [1.165, 1.54) is 17.2 Å². The first-order valence-corrected chi connectivity index (χ1v) is 12.3. The van der Waals surface area contributed by atoms with Crippen LogP contribution >= 0.6 is 0 Å². The first kappa shape index (κ1) is 29.4. The van der Waals surface area contributed by atoms with E-state index in [-0.39, 0.29) is 49.8 Å². The Morgan fingerprint density at radius 1 is 0.973 bits per heavy atom. The standard InChI is InChI=1S/C22H35N9O5.Zn/c23-20-16-21(28-12-27-20)31(13-29-16)22-18(35)17(34)19(36-22)14(32)2-1-3-15(33)30-10-8-25-6-4-24-5-7-26-9-11-30;/h12-13,17-19,22,24-26,34-35H,1-11H2,(H2,23,27,28);/q;+2/t17-,18+,19+,22+;/m0./s1. The van der Waals surface area contributed by atoms with E-state index in [9.17, 15) is 19.8 Å². The van der Waals surface area contributed by atoms with Gasteiger partial charge in [-0.05, 0) is 6.42 Å². The predicted molar refractivity (Wildman–Crippen MR) is 130 cm³/mol. The number of carbonyl (C=O) groups excluding carboxylic acids is 2. The fraction of sp³-hybridized carbons (Fsp3) is 0.682. The number of aromatic nitrogens is 4. The fourth-order valence-corrected chi connectivity index (χ4v) is 4.44. The van der Waals surface area contributed by atoms with Gasteiger partial charge in [0.25, 0.3) is 0 Å². The molecule has 7 N–H and O–H groups in total. The number of anilines is 1. The summed E-state index contributed by atoms with van der Waals surface area (Å²) in [5.74, 6) is -0.223. The molecule has 2 aromatic rings. The SMILES string of the molecule is Nc1ncnc2c1ncn2[C@@H]1O[C@H](C(=O)CCCC(=O)N2CCNCCNCCNCC2)[C@@H](O)[C@H]1O.[Zn+2]. The fourth-order valence-electron chi connectivity index (χ4n) is 4.44. The molecule has 37 heavy (non-hydrogen) atoms. The van der Waals surface area contributed by atoms with Crippen LogP contribution < -0.4 is 21.7 Å². The zero-order valence-electron chi connectivity index (χ0n) is 20.9. The Kier molecular flexibility index (Phi) is 11.2. The van der Waals surface area contributed by atoms with Crippen LogP contribution in [0.4, 0.5) is 5.82 Å². The molecule has 0 aromatic carbocycles. The molecule has 0 saturated carbocycles. The summed E-state index contributed by atoms with van der Waals surface area (Å²) in [6.07, 6.45) is -1.86. The average molecular weight is 571 g/mol. The first-order valence-electron chi connectivity index (χ1n) is 12.3. The van der Waals surface area contributed by atoms with E-state index < -0.39 is 24.5 Å². The van der Waals surface area contributed by atoms with Gasteiger partial charge in [0.2, 0.25) is 5.91 Å². The quantitative estimate of drug-likeness (QED) is 0.198. The summed E-state index contributed by atoms with van der Waals surface area (Å²) in [4.78, 5) is 39.6. The van der Waals surface area contributed by atoms with Crippen molar-refractivity contribution in [3.05, 3.63) is 12.7 Å². The summed E-state index contributed by atoms with van der Waals surface area (Å²) in [6.45, 7) is 6.02. The number of ketones is 1. The minimum absolute atomic E-state index is 0. The van der Waals surface area contributed by atoms with Crippen molar-refractivity contribution in [2.75, 3.05) is 58.1 Å². The van der Waals surface area contributed by atoms with Gasteiger partial charge in [-0.3, -0.25) is 14.2 Å². The van der Waals surface area contributed by atoms with E-state index in [1.807, 2.05) is 0 Å². The Balaban J connectivity index is 0.00000380. The number of nitrogens with two attached hydrogens (primary N) is 1. The molecule has 2 aromatic heterocycles. The molecular weight excluding hydrogens is 536 g/mol. The van der Waals surface area contributed by atoms with Crippen LogP contribution in [0.5, 0.6) is 0 Å². The van der Waals surface area contributed by atoms with Gasteiger partial charge in [0.15, 0.2) is 23.5 Å². The summed E-state index contributed by atoms with van der Waals surface area (Å²) in [5, 5.41) is 31.0. The monoisotopic (exact) mass is 569 g/mol. The molecular formula is C22H35N9O5Zn+2. The maximum atomic E-state index is 12.8. The Bertz CT molecular complexity index is 1030. The van der Waals surface area contributed by atoms with Gasteiger partial charge in [-0.25, -0.2) is 15.0 Å². The largest absolute Gasteiger partial charge is 2.00 e. The third-order valence-electron chi connectivity index (χ3n) is 6.46. The zero-order valence-corrected chi connectivity index (χ0v) is 23.8. The second-order valence-corrected chi connectivity index (χ2v) is 8.96. The molecule has 2 aliphatic rings. The number of nitrogens with one attached hydrogen (secondary N) is 3. The van der Waals surface area contributed by atoms with Crippen LogP contribution in [-0.4, -0.2) is 117 Å². The van der Waals surface area contributed by atoms with Gasteiger partial charge in [0.1, 0.15) is 30.2 Å². The number of amides is 1. The maximum absolute atomic E-state index is 12.8. The van der Waals surface area contributed by atoms with Gasteiger partial charge >= 0.3 is 19.5 Å². The molecule has 0 radical (unpaired) electrons. The molecule has 0 bridgehead atoms. The number of ether oxygens (including phenoxy) is 1. The number of hydrogen-bond acceptors (Lipinski definition) is 12. The number of aliphatic hydroxyl groups is 2. The molecule has 15 heteroatoms. The van der Waals surface area contributed by atoms with Crippen molar-refractivity contribution in [2.24, 2.45) is 0 Å². The minimum Gasteiger partial charge on any atom is -0.387 e. The molecule has 0 spiro atoms. The van der Waals surface area contributed by atoms with Crippen molar-refractivity contribution in [3.63, 3.8) is 0 Å². The van der Waals surface area contributed by atoms with Gasteiger partial charge in [-0.1, -0.05) is 0 Å². The topological polar surface area (TPSA) is 193 Å². The molecule has 0 aliphatic carbocycles. The second-order valence-electron chi connectivity index (χ2n) is 8.96. The summed E-state index contributed by atoms with van der Waals surface area (Å²) in [6, 6.07) is 0. The van der Waals surface area contributed by atoms with E-state index in [4.69, 9.17) is 10.5 Å². The van der Waals surface area contributed by atoms with E-state index in [0.29, 0.717) is 43.8 Å². The number of Topliss-reactive ketones (excluding diaryl/α,β-unsaturated/α-hetero) is 1. The van der Waals surface area contributed by atoms with Gasteiger partial charge in [-0.2, -0.15) is 0 Å². The molecule has 2 aliphatic heterocycles. The van der Waals surface area contributed by atoms with Crippen LogP contribution in [0, 0.1) is 0 Å². The van der Waals surface area contributed by atoms with Gasteiger partial charge in [0, 0.05) is 65.2 Å². The van der Waals surface area contributed by atoms with Crippen molar-refractivity contribution in [3.8, 4) is 0 Å². The Labute approximate surface area is 227 Å². The predicted octanol–water partition coefficient (Wildman–Crippen LogP) is -2.62. The molecule has 4 atom stereocenters. The third-order valence-corrected chi connectivity index (χ3v) is 6.46. The van der Waals surface area contributed by atoms with E-state index in [0.717, 1.165) is 26.2 Å². The van der Waals surface area contributed by atoms with Crippen molar-refractivity contribution in [2.45, 2.75) is 43.8 Å². The smallest absolute Gasteiger partial charge is 0.387 e. The molecule has 4 rings (SSSR count). The Morgan fingerprint density at radius 3 is 2.30 bits per heavy atom. The summed E-state index contributed by atoms with van der Waals surface area (Å²) < 4.78 is 7.17. The number of carbonyl (C=O) groups is 2. The average Bonchev–Trinajstić information content (AvgIpc) is 3.41. The van der Waals surface area contributed by atoms with Crippen LogP contribution in [0.2, 0.25) is 0 Å². The van der Waals surface area contributed by atoms with Crippen molar-refractivity contribution in [1.29, 1.82) is 0 Å². The molecule has 4 heterocycles. The summed E-state index contributed by atoms with van der Waals surface area (Å²) in [5.41, 5.74) is 6.46. The van der Waals surface area contributed by atoms with Crippen molar-refractivity contribution in [1.82, 2.24) is 40.4 Å². The molecule has 198 valence electrons. The number of aliphatic hydroxyl groups excluding tert-OH is 2. The van der Waals surface area contributed by atoms with E-state index in [1.54, 1.807) is 4.90 Å². The minimum atomic E-state index is -1.42. The Hall–Kier alpha value is -2.13. The Morgan fingerprint density at radius 2 is 1.62 bits per heavy atom. The van der Waals surface area contributed by atoms with E-state index >= 15 is 0 Å². The van der Waals surface area contributed by atoms with Crippen LogP contribution in [0.3, 0.4) is 0 Å². The normalized spacial score (nSPS) is 25.7. The van der Waals surface area contributed by atoms with E-state index in [2.05, 4.69) is 30.9 Å². The van der Waals surface area contributed by atoms with Crippen molar-refractivity contribution >= 4 is 28.7 Å². The molecule has 1 amide bonds. The molecule has 0 unspecified atom stereocenters. The van der Waals surface area contributed by atoms with Gasteiger partial charge < -0.3 is 41.5 Å². The molecule has 14 nitrogen and oxygen atoms in total. The van der Waals surface area contributed by atoms with Crippen LogP contribution in [0.25, 0.3) is 11.2 Å². The number of rotatable bonds is 6. The first-order chi connectivity index (χ1) is 17.5. The summed E-state index contributed by atoms with van der Waals surface area (Å²) >= 11 is 0.